The van der Waals surface area contributed by atoms with E-state index in [0.717, 1.165) is 13.1 Å². The third kappa shape index (κ3) is 3.80. The summed E-state index contributed by atoms with van der Waals surface area (Å²) in [7, 11) is 2.04. The van der Waals surface area contributed by atoms with Gasteiger partial charge in [-0.05, 0) is 45.3 Å². The first-order valence-electron chi connectivity index (χ1n) is 7.67. The fourth-order valence-electron chi connectivity index (χ4n) is 3.07. The molecule has 1 aliphatic rings. The molecule has 0 aromatic carbocycles. The maximum Gasteiger partial charge on any atom is 0.0549 e. The first kappa shape index (κ1) is 14.5. The minimum absolute atomic E-state index is 0.441. The van der Waals surface area contributed by atoms with Gasteiger partial charge in [0.15, 0.2) is 0 Å². The maximum absolute atomic E-state index is 4.30. The molecule has 108 valence electrons. The fourth-order valence-corrected chi connectivity index (χ4v) is 3.07. The van der Waals surface area contributed by atoms with E-state index in [1.165, 1.54) is 37.9 Å². The lowest BCUT2D eigenvalue weighted by atomic mass is 10.0. The third-order valence-corrected chi connectivity index (χ3v) is 4.21. The second kappa shape index (κ2) is 7.06. The van der Waals surface area contributed by atoms with Gasteiger partial charge in [-0.3, -0.25) is 9.58 Å². The van der Waals surface area contributed by atoms with Crippen molar-refractivity contribution in [1.82, 2.24) is 20.0 Å². The van der Waals surface area contributed by atoms with Gasteiger partial charge in [0.2, 0.25) is 0 Å². The van der Waals surface area contributed by atoms with Crippen LogP contribution >= 0.6 is 0 Å². The van der Waals surface area contributed by atoms with Gasteiger partial charge in [-0.1, -0.05) is 13.3 Å². The van der Waals surface area contributed by atoms with Gasteiger partial charge in [0.05, 0.1) is 5.69 Å². The Morgan fingerprint density at radius 3 is 2.95 bits per heavy atom. The average molecular weight is 264 g/mol. The highest BCUT2D eigenvalue weighted by molar-refractivity contribution is 5.06. The van der Waals surface area contributed by atoms with Crippen molar-refractivity contribution < 1.29 is 0 Å². The molecular formula is C15H28N4. The Kier molecular flexibility index (Phi) is 5.40. The molecule has 0 spiro atoms. The number of aromatic nitrogens is 2. The van der Waals surface area contributed by atoms with Gasteiger partial charge in [-0.15, -0.1) is 0 Å². The molecule has 0 amide bonds. The van der Waals surface area contributed by atoms with E-state index in [1.807, 2.05) is 17.9 Å². The Hall–Kier alpha value is -0.870. The fraction of sp³-hybridized carbons (Fsp3) is 0.800. The number of hydrogen-bond donors (Lipinski definition) is 1. The number of piperidine rings is 1. The summed E-state index contributed by atoms with van der Waals surface area (Å²) in [6.45, 7) is 8.06. The summed E-state index contributed by atoms with van der Waals surface area (Å²) >= 11 is 0. The summed E-state index contributed by atoms with van der Waals surface area (Å²) in [5.41, 5.74) is 1.31. The number of aryl methyl sites for hydroxylation is 1. The monoisotopic (exact) mass is 264 g/mol. The molecule has 1 saturated heterocycles. The first-order chi connectivity index (χ1) is 9.22. The molecule has 0 radical (unpaired) electrons. The summed E-state index contributed by atoms with van der Waals surface area (Å²) in [6, 6.07) is 3.24. The van der Waals surface area contributed by atoms with Crippen molar-refractivity contribution in [2.75, 3.05) is 19.6 Å². The average Bonchev–Trinajstić information content (AvgIpc) is 2.85. The lowest BCUT2D eigenvalue weighted by Gasteiger charge is -2.34. The normalized spacial score (nSPS) is 21.8. The molecule has 1 aromatic heterocycles. The zero-order chi connectivity index (χ0) is 13.7. The number of nitrogens with zero attached hydrogens (tertiary/aromatic N) is 3. The van der Waals surface area contributed by atoms with E-state index in [2.05, 4.69) is 35.2 Å². The summed E-state index contributed by atoms with van der Waals surface area (Å²) in [4.78, 5) is 2.60. The van der Waals surface area contributed by atoms with Gasteiger partial charge in [-0.2, -0.15) is 5.10 Å². The van der Waals surface area contributed by atoms with Crippen molar-refractivity contribution in [3.05, 3.63) is 18.0 Å². The van der Waals surface area contributed by atoms with Gasteiger partial charge in [0, 0.05) is 31.9 Å². The number of hydrogen-bond acceptors (Lipinski definition) is 3. The van der Waals surface area contributed by atoms with Gasteiger partial charge in [0.25, 0.3) is 0 Å². The molecule has 19 heavy (non-hydrogen) atoms. The Balaban J connectivity index is 2.00. The van der Waals surface area contributed by atoms with Crippen LogP contribution in [0.3, 0.4) is 0 Å². The summed E-state index contributed by atoms with van der Waals surface area (Å²) < 4.78 is 2.00. The van der Waals surface area contributed by atoms with Crippen LogP contribution in [0.5, 0.6) is 0 Å². The van der Waals surface area contributed by atoms with Crippen LogP contribution in [0.2, 0.25) is 0 Å². The van der Waals surface area contributed by atoms with Crippen LogP contribution in [-0.2, 0) is 7.05 Å². The second-order valence-corrected chi connectivity index (χ2v) is 5.70. The van der Waals surface area contributed by atoms with Gasteiger partial charge >= 0.3 is 0 Å². The Bertz CT molecular complexity index is 368. The van der Waals surface area contributed by atoms with E-state index in [4.69, 9.17) is 0 Å². The Morgan fingerprint density at radius 1 is 1.53 bits per heavy atom. The molecule has 2 heterocycles. The van der Waals surface area contributed by atoms with E-state index < -0.39 is 0 Å². The molecule has 2 unspecified atom stereocenters. The van der Waals surface area contributed by atoms with Crippen LogP contribution in [0.4, 0.5) is 0 Å². The molecule has 4 nitrogen and oxygen atoms in total. The van der Waals surface area contributed by atoms with Crippen LogP contribution in [0, 0.1) is 0 Å². The number of rotatable bonds is 6. The van der Waals surface area contributed by atoms with Crippen molar-refractivity contribution in [3.63, 3.8) is 0 Å². The van der Waals surface area contributed by atoms with Crippen LogP contribution in [-0.4, -0.2) is 40.4 Å². The lowest BCUT2D eigenvalue weighted by Crippen LogP contribution is -2.44. The van der Waals surface area contributed by atoms with Crippen molar-refractivity contribution in [1.29, 1.82) is 0 Å². The van der Waals surface area contributed by atoms with E-state index in [9.17, 15) is 0 Å². The lowest BCUT2D eigenvalue weighted by molar-refractivity contribution is 0.170. The molecule has 1 N–H and O–H groups in total. The Labute approximate surface area is 117 Å². The molecule has 0 saturated carbocycles. The van der Waals surface area contributed by atoms with Crippen LogP contribution in [0.1, 0.15) is 51.3 Å². The maximum atomic E-state index is 4.30. The highest BCUT2D eigenvalue weighted by atomic mass is 15.3. The van der Waals surface area contributed by atoms with Crippen LogP contribution < -0.4 is 5.32 Å². The highest BCUT2D eigenvalue weighted by Crippen LogP contribution is 2.21. The van der Waals surface area contributed by atoms with E-state index >= 15 is 0 Å². The minimum Gasteiger partial charge on any atom is -0.313 e. The van der Waals surface area contributed by atoms with Gasteiger partial charge in [-0.25, -0.2) is 0 Å². The van der Waals surface area contributed by atoms with Crippen LogP contribution in [0.25, 0.3) is 0 Å². The standard InChI is InChI=1S/C15H28N4/c1-4-11-19(12-14-7-5-6-9-16-14)13(2)15-8-10-17-18(15)3/h8,10,13-14,16H,4-7,9,11-12H2,1-3H3. The second-order valence-electron chi connectivity index (χ2n) is 5.70. The topological polar surface area (TPSA) is 33.1 Å². The third-order valence-electron chi connectivity index (χ3n) is 4.21. The van der Waals surface area contributed by atoms with Gasteiger partial charge < -0.3 is 5.32 Å². The highest BCUT2D eigenvalue weighted by Gasteiger charge is 2.22. The largest absolute Gasteiger partial charge is 0.313 e. The van der Waals surface area contributed by atoms with Crippen LogP contribution in [0.15, 0.2) is 12.3 Å². The SMILES string of the molecule is CCCN(CC1CCCCN1)C(C)c1ccnn1C. The zero-order valence-corrected chi connectivity index (χ0v) is 12.6. The molecule has 0 aliphatic carbocycles. The molecule has 2 atom stereocenters. The molecular weight excluding hydrogens is 236 g/mol. The molecule has 1 fully saturated rings. The Morgan fingerprint density at radius 2 is 2.37 bits per heavy atom. The molecule has 1 aliphatic heterocycles. The smallest absolute Gasteiger partial charge is 0.0549 e. The molecule has 1 aromatic rings. The summed E-state index contributed by atoms with van der Waals surface area (Å²) in [5, 5.41) is 7.96. The quantitative estimate of drug-likeness (QED) is 0.856. The predicted octanol–water partition coefficient (Wildman–Crippen LogP) is 2.34. The van der Waals surface area contributed by atoms with Crippen molar-refractivity contribution in [3.8, 4) is 0 Å². The zero-order valence-electron chi connectivity index (χ0n) is 12.6. The van der Waals surface area contributed by atoms with Gasteiger partial charge in [0.1, 0.15) is 0 Å². The summed E-state index contributed by atoms with van der Waals surface area (Å²) in [5.74, 6) is 0. The van der Waals surface area contributed by atoms with Crippen molar-refractivity contribution >= 4 is 0 Å². The molecule has 0 bridgehead atoms. The van der Waals surface area contributed by atoms with E-state index in [-0.39, 0.29) is 0 Å². The first-order valence-corrected chi connectivity index (χ1v) is 7.67. The number of nitrogens with one attached hydrogen (secondary N) is 1. The van der Waals surface area contributed by atoms with E-state index in [1.54, 1.807) is 0 Å². The summed E-state index contributed by atoms with van der Waals surface area (Å²) in [6.07, 6.45) is 7.13. The predicted molar refractivity (Wildman–Crippen MR) is 79.1 cm³/mol. The van der Waals surface area contributed by atoms with Crippen molar-refractivity contribution in [2.45, 2.75) is 51.6 Å². The van der Waals surface area contributed by atoms with Crippen molar-refractivity contribution in [2.24, 2.45) is 7.05 Å². The van der Waals surface area contributed by atoms with E-state index in [0.29, 0.717) is 12.1 Å². The molecule has 4 heteroatoms. The molecule has 2 rings (SSSR count). The minimum atomic E-state index is 0.441.